The van der Waals surface area contributed by atoms with Crippen molar-refractivity contribution in [2.75, 3.05) is 0 Å². The second-order valence-electron chi connectivity index (χ2n) is 5.78. The molecule has 1 unspecified atom stereocenters. The number of nitriles is 1. The van der Waals surface area contributed by atoms with Crippen LogP contribution in [0.1, 0.15) is 17.5 Å². The molecule has 0 bridgehead atoms. The second kappa shape index (κ2) is 7.05. The highest BCUT2D eigenvalue weighted by Gasteiger charge is 2.33. The van der Waals surface area contributed by atoms with Crippen LogP contribution in [0.3, 0.4) is 0 Å². The van der Waals surface area contributed by atoms with Crippen molar-refractivity contribution < 1.29 is 4.39 Å². The van der Waals surface area contributed by atoms with E-state index in [1.165, 1.54) is 18.5 Å². The quantitative estimate of drug-likeness (QED) is 0.698. The van der Waals surface area contributed by atoms with E-state index in [2.05, 4.69) is 16.2 Å². The van der Waals surface area contributed by atoms with E-state index in [0.717, 1.165) is 11.1 Å². The lowest BCUT2D eigenvalue weighted by molar-refractivity contribution is 0.401. The molecule has 0 fully saturated rings. The predicted octanol–water partition coefficient (Wildman–Crippen LogP) is 3.51. The third kappa shape index (κ3) is 3.49. The Balaban J connectivity index is 1.89. The normalized spacial score (nSPS) is 13.2. The first kappa shape index (κ1) is 15.9. The minimum Gasteiger partial charge on any atom is -0.251 e. The number of hydrogen-bond acceptors (Lipinski definition) is 3. The summed E-state index contributed by atoms with van der Waals surface area (Å²) in [6, 6.07) is 18.6. The van der Waals surface area contributed by atoms with Gasteiger partial charge in [0.2, 0.25) is 0 Å². The molecule has 1 aromatic heterocycles. The smallest absolute Gasteiger partial charge is 0.137 e. The van der Waals surface area contributed by atoms with Crippen molar-refractivity contribution in [2.24, 2.45) is 0 Å². The van der Waals surface area contributed by atoms with Gasteiger partial charge in [0, 0.05) is 0 Å². The number of halogens is 1. The first-order valence-corrected chi connectivity index (χ1v) is 7.75. The van der Waals surface area contributed by atoms with Crippen molar-refractivity contribution in [2.45, 2.75) is 24.8 Å². The number of benzene rings is 2. The van der Waals surface area contributed by atoms with E-state index >= 15 is 0 Å². The van der Waals surface area contributed by atoms with Crippen LogP contribution in [0.2, 0.25) is 0 Å². The van der Waals surface area contributed by atoms with Gasteiger partial charge >= 0.3 is 0 Å². The Morgan fingerprint density at radius 1 is 1.08 bits per heavy atom. The van der Waals surface area contributed by atoms with Crippen LogP contribution in [0.25, 0.3) is 0 Å². The maximum Gasteiger partial charge on any atom is 0.137 e. The number of aromatic nitrogens is 3. The highest BCUT2D eigenvalue weighted by molar-refractivity contribution is 5.33. The van der Waals surface area contributed by atoms with Crippen LogP contribution in [0, 0.1) is 17.1 Å². The van der Waals surface area contributed by atoms with Crippen LogP contribution in [0.15, 0.2) is 67.3 Å². The summed E-state index contributed by atoms with van der Waals surface area (Å²) in [4.78, 5) is 3.96. The molecule has 1 atom stereocenters. The summed E-state index contributed by atoms with van der Waals surface area (Å²) < 4.78 is 14.8. The minimum atomic E-state index is -0.719. The summed E-state index contributed by atoms with van der Waals surface area (Å²) in [5.74, 6) is -0.254. The fourth-order valence-corrected chi connectivity index (χ4v) is 2.83. The first-order chi connectivity index (χ1) is 11.7. The molecule has 1 heterocycles. The largest absolute Gasteiger partial charge is 0.251 e. The molecular weight excluding hydrogens is 303 g/mol. The van der Waals surface area contributed by atoms with E-state index in [1.807, 2.05) is 30.3 Å². The van der Waals surface area contributed by atoms with Crippen LogP contribution in [0.4, 0.5) is 4.39 Å². The van der Waals surface area contributed by atoms with Crippen LogP contribution < -0.4 is 0 Å². The monoisotopic (exact) mass is 320 g/mol. The topological polar surface area (TPSA) is 54.5 Å². The third-order valence-electron chi connectivity index (χ3n) is 4.19. The number of nitrogens with zero attached hydrogens (tertiary/aromatic N) is 4. The van der Waals surface area contributed by atoms with Gasteiger partial charge in [-0.1, -0.05) is 42.5 Å². The molecule has 3 rings (SSSR count). The molecule has 0 aliphatic carbocycles. The molecule has 4 nitrogen and oxygen atoms in total. The van der Waals surface area contributed by atoms with Gasteiger partial charge in [0.25, 0.3) is 0 Å². The molecule has 0 radical (unpaired) electrons. The van der Waals surface area contributed by atoms with Gasteiger partial charge in [0.1, 0.15) is 23.9 Å². The van der Waals surface area contributed by atoms with Crippen LogP contribution in [-0.2, 0) is 18.4 Å². The van der Waals surface area contributed by atoms with Gasteiger partial charge in [-0.2, -0.15) is 10.4 Å². The van der Waals surface area contributed by atoms with Gasteiger partial charge in [0.15, 0.2) is 0 Å². The lowest BCUT2D eigenvalue weighted by Gasteiger charge is -2.27. The van der Waals surface area contributed by atoms with Gasteiger partial charge in [-0.25, -0.2) is 9.37 Å². The van der Waals surface area contributed by atoms with E-state index < -0.39 is 5.41 Å². The lowest BCUT2D eigenvalue weighted by Crippen LogP contribution is -2.31. The van der Waals surface area contributed by atoms with Crippen molar-refractivity contribution in [1.82, 2.24) is 14.8 Å². The Morgan fingerprint density at radius 2 is 1.83 bits per heavy atom. The lowest BCUT2D eigenvalue weighted by atomic mass is 9.77. The summed E-state index contributed by atoms with van der Waals surface area (Å²) >= 11 is 0. The molecule has 5 heteroatoms. The zero-order valence-corrected chi connectivity index (χ0v) is 13.1. The third-order valence-corrected chi connectivity index (χ3v) is 4.19. The first-order valence-electron chi connectivity index (χ1n) is 7.75. The average Bonchev–Trinajstić information content (AvgIpc) is 3.14. The summed E-state index contributed by atoms with van der Waals surface area (Å²) in [5.41, 5.74) is 1.24. The highest BCUT2D eigenvalue weighted by atomic mass is 19.1. The average molecular weight is 320 g/mol. The number of hydrogen-bond donors (Lipinski definition) is 0. The molecule has 0 amide bonds. The van der Waals surface area contributed by atoms with Crippen LogP contribution in [0.5, 0.6) is 0 Å². The van der Waals surface area contributed by atoms with E-state index in [-0.39, 0.29) is 5.82 Å². The molecule has 120 valence electrons. The van der Waals surface area contributed by atoms with Crippen molar-refractivity contribution >= 4 is 0 Å². The van der Waals surface area contributed by atoms with Gasteiger partial charge < -0.3 is 0 Å². The fraction of sp³-hybridized carbons (Fsp3) is 0.211. The molecular formula is C19H17FN4. The zero-order chi connectivity index (χ0) is 16.8. The Hall–Kier alpha value is -3.00. The van der Waals surface area contributed by atoms with E-state index in [9.17, 15) is 9.65 Å². The number of aryl methyl sites for hydroxylation is 1. The predicted molar refractivity (Wildman–Crippen MR) is 88.5 cm³/mol. The number of rotatable bonds is 6. The van der Waals surface area contributed by atoms with E-state index in [0.29, 0.717) is 19.4 Å². The van der Waals surface area contributed by atoms with Gasteiger partial charge in [-0.15, -0.1) is 0 Å². The van der Waals surface area contributed by atoms with Gasteiger partial charge in [0.05, 0.1) is 12.6 Å². The van der Waals surface area contributed by atoms with Crippen molar-refractivity contribution in [1.29, 1.82) is 5.26 Å². The molecule has 0 saturated heterocycles. The van der Waals surface area contributed by atoms with Gasteiger partial charge in [-0.3, -0.25) is 4.68 Å². The maximum absolute atomic E-state index is 13.1. The molecule has 0 saturated carbocycles. The Morgan fingerprint density at radius 3 is 2.46 bits per heavy atom. The molecule has 24 heavy (non-hydrogen) atoms. The highest BCUT2D eigenvalue weighted by Crippen LogP contribution is 2.31. The standard InChI is InChI=1S/C19H17FN4/c20-18-8-6-16(7-9-18)10-11-19(12-21,13-24-15-22-14-23-24)17-4-2-1-3-5-17/h1-9,14-15H,10-11,13H2. The van der Waals surface area contributed by atoms with Crippen LogP contribution in [-0.4, -0.2) is 14.8 Å². The van der Waals surface area contributed by atoms with E-state index in [1.54, 1.807) is 23.1 Å². The summed E-state index contributed by atoms with van der Waals surface area (Å²) in [6.07, 6.45) is 4.37. The Labute approximate surface area is 140 Å². The molecule has 0 aliphatic heterocycles. The van der Waals surface area contributed by atoms with Crippen LogP contribution >= 0.6 is 0 Å². The summed E-state index contributed by atoms with van der Waals surface area (Å²) in [6.45, 7) is 0.425. The molecule has 0 spiro atoms. The minimum absolute atomic E-state index is 0.254. The Kier molecular flexibility index (Phi) is 4.66. The summed E-state index contributed by atoms with van der Waals surface area (Å²) in [7, 11) is 0. The Bertz CT molecular complexity index is 807. The second-order valence-corrected chi connectivity index (χ2v) is 5.78. The molecule has 0 aliphatic rings. The van der Waals surface area contributed by atoms with Gasteiger partial charge in [-0.05, 0) is 36.1 Å². The zero-order valence-electron chi connectivity index (χ0n) is 13.1. The van der Waals surface area contributed by atoms with Crippen molar-refractivity contribution in [3.63, 3.8) is 0 Å². The molecule has 0 N–H and O–H groups in total. The molecule has 2 aromatic carbocycles. The maximum atomic E-state index is 13.1. The van der Waals surface area contributed by atoms with Crippen molar-refractivity contribution in [3.8, 4) is 6.07 Å². The molecule has 3 aromatic rings. The van der Waals surface area contributed by atoms with Crippen molar-refractivity contribution in [3.05, 3.63) is 84.2 Å². The fourth-order valence-electron chi connectivity index (χ4n) is 2.83. The SMILES string of the molecule is N#CC(CCc1ccc(F)cc1)(Cn1cncn1)c1ccccc1. The summed E-state index contributed by atoms with van der Waals surface area (Å²) in [5, 5.41) is 14.1. The van der Waals surface area contributed by atoms with E-state index in [4.69, 9.17) is 0 Å².